The number of halogens is 3. The molecule has 82 valence electrons. The summed E-state index contributed by atoms with van der Waals surface area (Å²) >= 11 is 0. The molecule has 0 aromatic rings. The molecule has 0 aliphatic heterocycles. The first-order valence-corrected chi connectivity index (χ1v) is 4.75. The molecule has 0 spiro atoms. The Morgan fingerprint density at radius 2 is 2.14 bits per heavy atom. The molecule has 0 aromatic carbocycles. The second-order valence-electron chi connectivity index (χ2n) is 3.61. The SMILES string of the molecule is CCN(CC(F)(F)F)C1CCC(=O)C1. The van der Waals surface area contributed by atoms with Gasteiger partial charge in [0.25, 0.3) is 0 Å². The van der Waals surface area contributed by atoms with E-state index in [1.54, 1.807) is 6.92 Å². The van der Waals surface area contributed by atoms with Crippen LogP contribution in [0.2, 0.25) is 0 Å². The predicted octanol–water partition coefficient (Wildman–Crippen LogP) is 1.99. The van der Waals surface area contributed by atoms with E-state index in [0.29, 0.717) is 19.4 Å². The van der Waals surface area contributed by atoms with Gasteiger partial charge in [-0.25, -0.2) is 0 Å². The smallest absolute Gasteiger partial charge is 0.300 e. The maximum absolute atomic E-state index is 12.1. The van der Waals surface area contributed by atoms with Crippen molar-refractivity contribution in [3.63, 3.8) is 0 Å². The van der Waals surface area contributed by atoms with Crippen molar-refractivity contribution in [1.82, 2.24) is 4.90 Å². The average molecular weight is 209 g/mol. The summed E-state index contributed by atoms with van der Waals surface area (Å²) in [4.78, 5) is 12.3. The maximum atomic E-state index is 12.1. The third kappa shape index (κ3) is 3.29. The van der Waals surface area contributed by atoms with Crippen LogP contribution in [-0.4, -0.2) is 36.0 Å². The highest BCUT2D eigenvalue weighted by Gasteiger charge is 2.35. The van der Waals surface area contributed by atoms with E-state index in [2.05, 4.69) is 0 Å². The fourth-order valence-electron chi connectivity index (χ4n) is 1.84. The highest BCUT2D eigenvalue weighted by atomic mass is 19.4. The number of hydrogen-bond donors (Lipinski definition) is 0. The van der Waals surface area contributed by atoms with E-state index in [1.807, 2.05) is 0 Å². The fourth-order valence-corrected chi connectivity index (χ4v) is 1.84. The van der Waals surface area contributed by atoms with Crippen LogP contribution in [0.1, 0.15) is 26.2 Å². The van der Waals surface area contributed by atoms with Gasteiger partial charge in [-0.1, -0.05) is 6.92 Å². The molecule has 1 saturated carbocycles. The third-order valence-electron chi connectivity index (χ3n) is 2.52. The highest BCUT2D eigenvalue weighted by molar-refractivity contribution is 5.81. The first-order valence-electron chi connectivity index (χ1n) is 4.75. The van der Waals surface area contributed by atoms with Gasteiger partial charge in [0, 0.05) is 18.9 Å². The summed E-state index contributed by atoms with van der Waals surface area (Å²) < 4.78 is 36.4. The van der Waals surface area contributed by atoms with Crippen LogP contribution in [0.15, 0.2) is 0 Å². The van der Waals surface area contributed by atoms with Gasteiger partial charge in [-0.2, -0.15) is 13.2 Å². The van der Waals surface area contributed by atoms with Crippen LogP contribution >= 0.6 is 0 Å². The second-order valence-corrected chi connectivity index (χ2v) is 3.61. The van der Waals surface area contributed by atoms with Crippen molar-refractivity contribution in [2.45, 2.75) is 38.4 Å². The molecule has 1 atom stereocenters. The Kier molecular flexibility index (Phi) is 3.53. The molecule has 14 heavy (non-hydrogen) atoms. The molecule has 0 bridgehead atoms. The van der Waals surface area contributed by atoms with Crippen LogP contribution in [0.25, 0.3) is 0 Å². The molecular formula is C9H14F3NO. The molecule has 0 heterocycles. The molecule has 1 unspecified atom stereocenters. The second kappa shape index (κ2) is 4.29. The van der Waals surface area contributed by atoms with Crippen molar-refractivity contribution in [2.24, 2.45) is 0 Å². The molecule has 1 fully saturated rings. The van der Waals surface area contributed by atoms with Gasteiger partial charge in [0.05, 0.1) is 6.54 Å². The first kappa shape index (κ1) is 11.5. The molecular weight excluding hydrogens is 195 g/mol. The van der Waals surface area contributed by atoms with Crippen molar-refractivity contribution in [2.75, 3.05) is 13.1 Å². The Hall–Kier alpha value is -0.580. The monoisotopic (exact) mass is 209 g/mol. The van der Waals surface area contributed by atoms with Gasteiger partial charge in [-0.3, -0.25) is 9.69 Å². The zero-order valence-electron chi connectivity index (χ0n) is 8.10. The number of carbonyl (C=O) groups is 1. The lowest BCUT2D eigenvalue weighted by Crippen LogP contribution is -2.40. The van der Waals surface area contributed by atoms with Crippen LogP contribution in [0.4, 0.5) is 13.2 Å². The van der Waals surface area contributed by atoms with Crippen LogP contribution in [0, 0.1) is 0 Å². The summed E-state index contributed by atoms with van der Waals surface area (Å²) in [5.41, 5.74) is 0. The molecule has 2 nitrogen and oxygen atoms in total. The Balaban J connectivity index is 2.50. The van der Waals surface area contributed by atoms with Gasteiger partial charge >= 0.3 is 6.18 Å². The normalized spacial score (nSPS) is 23.5. The predicted molar refractivity (Wildman–Crippen MR) is 45.9 cm³/mol. The van der Waals surface area contributed by atoms with Gasteiger partial charge in [0.15, 0.2) is 0 Å². The van der Waals surface area contributed by atoms with E-state index in [9.17, 15) is 18.0 Å². The van der Waals surface area contributed by atoms with Crippen LogP contribution in [0.5, 0.6) is 0 Å². The summed E-state index contributed by atoms with van der Waals surface area (Å²) in [6.07, 6.45) is -2.88. The lowest BCUT2D eigenvalue weighted by molar-refractivity contribution is -0.150. The minimum absolute atomic E-state index is 0.0793. The van der Waals surface area contributed by atoms with Crippen molar-refractivity contribution in [3.05, 3.63) is 0 Å². The van der Waals surface area contributed by atoms with E-state index < -0.39 is 12.7 Å². The van der Waals surface area contributed by atoms with Crippen LogP contribution < -0.4 is 0 Å². The minimum Gasteiger partial charge on any atom is -0.300 e. The summed E-state index contributed by atoms with van der Waals surface area (Å²) in [6.45, 7) is 1.13. The summed E-state index contributed by atoms with van der Waals surface area (Å²) in [5, 5.41) is 0. The number of nitrogens with zero attached hydrogens (tertiary/aromatic N) is 1. The van der Waals surface area contributed by atoms with Gasteiger partial charge in [-0.05, 0) is 13.0 Å². The molecule has 0 radical (unpaired) electrons. The Morgan fingerprint density at radius 1 is 1.50 bits per heavy atom. The summed E-state index contributed by atoms with van der Waals surface area (Å²) in [7, 11) is 0. The lowest BCUT2D eigenvalue weighted by Gasteiger charge is -2.27. The van der Waals surface area contributed by atoms with Crippen LogP contribution in [0.3, 0.4) is 0 Å². The Labute approximate surface area is 81.1 Å². The molecule has 0 amide bonds. The van der Waals surface area contributed by atoms with E-state index in [1.165, 1.54) is 4.90 Å². The number of carbonyl (C=O) groups excluding carboxylic acids is 1. The lowest BCUT2D eigenvalue weighted by atomic mass is 10.2. The van der Waals surface area contributed by atoms with E-state index in [-0.39, 0.29) is 18.2 Å². The largest absolute Gasteiger partial charge is 0.401 e. The molecule has 1 aliphatic rings. The maximum Gasteiger partial charge on any atom is 0.401 e. The molecule has 0 N–H and O–H groups in total. The number of alkyl halides is 3. The fraction of sp³-hybridized carbons (Fsp3) is 0.889. The van der Waals surface area contributed by atoms with Gasteiger partial charge in [0.1, 0.15) is 5.78 Å². The summed E-state index contributed by atoms with van der Waals surface area (Å²) in [6, 6.07) is -0.200. The number of Topliss-reactive ketones (excluding diaryl/α,β-unsaturated/α-hetero) is 1. The van der Waals surface area contributed by atoms with E-state index in [0.717, 1.165) is 0 Å². The molecule has 1 aliphatic carbocycles. The van der Waals surface area contributed by atoms with Gasteiger partial charge in [0.2, 0.25) is 0 Å². The zero-order valence-corrected chi connectivity index (χ0v) is 8.10. The molecule has 0 saturated heterocycles. The first-order chi connectivity index (χ1) is 6.42. The number of rotatable bonds is 3. The third-order valence-corrected chi connectivity index (χ3v) is 2.52. The molecule has 1 rings (SSSR count). The minimum atomic E-state index is -4.17. The van der Waals surface area contributed by atoms with Gasteiger partial charge in [-0.15, -0.1) is 0 Å². The van der Waals surface area contributed by atoms with Crippen molar-refractivity contribution in [3.8, 4) is 0 Å². The zero-order chi connectivity index (χ0) is 10.8. The topological polar surface area (TPSA) is 20.3 Å². The standard InChI is InChI=1S/C9H14F3NO/c1-2-13(6-9(10,11)12)7-3-4-8(14)5-7/h7H,2-6H2,1H3. The number of ketones is 1. The highest BCUT2D eigenvalue weighted by Crippen LogP contribution is 2.24. The van der Waals surface area contributed by atoms with Crippen molar-refractivity contribution >= 4 is 5.78 Å². The quantitative estimate of drug-likeness (QED) is 0.708. The summed E-state index contributed by atoms with van der Waals surface area (Å²) in [5.74, 6) is 0.0793. The molecule has 0 aromatic heterocycles. The molecule has 5 heteroatoms. The van der Waals surface area contributed by atoms with E-state index >= 15 is 0 Å². The average Bonchev–Trinajstić information content (AvgIpc) is 2.46. The van der Waals surface area contributed by atoms with Crippen molar-refractivity contribution in [1.29, 1.82) is 0 Å². The van der Waals surface area contributed by atoms with E-state index in [4.69, 9.17) is 0 Å². The van der Waals surface area contributed by atoms with Crippen LogP contribution in [-0.2, 0) is 4.79 Å². The number of hydrogen-bond acceptors (Lipinski definition) is 2. The Bertz CT molecular complexity index is 215. The van der Waals surface area contributed by atoms with Crippen molar-refractivity contribution < 1.29 is 18.0 Å². The Morgan fingerprint density at radius 3 is 2.50 bits per heavy atom. The van der Waals surface area contributed by atoms with Gasteiger partial charge < -0.3 is 0 Å².